The van der Waals surface area contributed by atoms with Crippen LogP contribution in [-0.2, 0) is 14.4 Å². The smallest absolute Gasteiger partial charge is 0.266 e. The third-order valence-electron chi connectivity index (χ3n) is 5.91. The van der Waals surface area contributed by atoms with Crippen molar-refractivity contribution in [1.82, 2.24) is 0 Å². The fourth-order valence-electron chi connectivity index (χ4n) is 4.38. The lowest BCUT2D eigenvalue weighted by molar-refractivity contribution is -0.126. The zero-order chi connectivity index (χ0) is 22.9. The number of halogens is 1. The summed E-state index contributed by atoms with van der Waals surface area (Å²) >= 11 is 3.47. The Bertz CT molecular complexity index is 1150. The van der Waals surface area contributed by atoms with E-state index in [4.69, 9.17) is 9.57 Å². The minimum absolute atomic E-state index is 0.265. The van der Waals surface area contributed by atoms with Gasteiger partial charge < -0.3 is 4.74 Å². The van der Waals surface area contributed by atoms with Gasteiger partial charge in [-0.05, 0) is 60.5 Å². The van der Waals surface area contributed by atoms with Crippen molar-refractivity contribution in [3.8, 4) is 5.75 Å². The number of fused-ring (bicyclic) bond motifs is 1. The van der Waals surface area contributed by atoms with E-state index < -0.39 is 18.1 Å². The van der Waals surface area contributed by atoms with E-state index in [1.165, 1.54) is 4.90 Å². The van der Waals surface area contributed by atoms with Crippen LogP contribution in [0.4, 0.5) is 11.4 Å². The van der Waals surface area contributed by atoms with Crippen molar-refractivity contribution in [3.63, 3.8) is 0 Å². The van der Waals surface area contributed by atoms with Gasteiger partial charge in [-0.2, -0.15) is 0 Å². The first-order valence-electron chi connectivity index (χ1n) is 11.0. The summed E-state index contributed by atoms with van der Waals surface area (Å²) in [7, 11) is 0. The van der Waals surface area contributed by atoms with Crippen LogP contribution in [0.15, 0.2) is 83.3 Å². The molecule has 2 aliphatic rings. The second-order valence-corrected chi connectivity index (χ2v) is 8.98. The molecule has 2 saturated heterocycles. The van der Waals surface area contributed by atoms with Gasteiger partial charge in [0.2, 0.25) is 5.91 Å². The number of imide groups is 1. The molecule has 5 rings (SSSR count). The van der Waals surface area contributed by atoms with Crippen LogP contribution < -0.4 is 14.7 Å². The van der Waals surface area contributed by atoms with Gasteiger partial charge >= 0.3 is 0 Å². The highest BCUT2D eigenvalue weighted by atomic mass is 79.9. The van der Waals surface area contributed by atoms with Gasteiger partial charge in [0, 0.05) is 4.47 Å². The van der Waals surface area contributed by atoms with Crippen molar-refractivity contribution < 1.29 is 19.2 Å². The molecule has 0 aliphatic carbocycles. The topological polar surface area (TPSA) is 59.1 Å². The van der Waals surface area contributed by atoms with Gasteiger partial charge in [0.1, 0.15) is 11.7 Å². The number of carbonyl (C=O) groups excluding carboxylic acids is 2. The Morgan fingerprint density at radius 1 is 0.879 bits per heavy atom. The number of para-hydroxylation sites is 1. The maximum absolute atomic E-state index is 13.6. The van der Waals surface area contributed by atoms with Crippen molar-refractivity contribution in [1.29, 1.82) is 0 Å². The molecule has 0 spiro atoms. The quantitative estimate of drug-likeness (QED) is 0.425. The first-order chi connectivity index (χ1) is 16.1. The molecule has 3 atom stereocenters. The van der Waals surface area contributed by atoms with Gasteiger partial charge in [0.25, 0.3) is 5.91 Å². The zero-order valence-corrected chi connectivity index (χ0v) is 19.6. The standard InChI is InChI=1S/C26H23BrN2O4/c1-2-16-32-21-14-12-19(13-15-21)28-25(30)22-23(17-8-10-18(27)11-9-17)29(33-24(22)26(28)31)20-6-4-3-5-7-20/h3-15,22-24H,2,16H2,1H3/t22-,23-,24-/m1/s1. The van der Waals surface area contributed by atoms with Crippen LogP contribution in [0, 0.1) is 5.92 Å². The minimum atomic E-state index is -0.887. The van der Waals surface area contributed by atoms with E-state index in [0.29, 0.717) is 18.0 Å². The highest BCUT2D eigenvalue weighted by Gasteiger charge is 2.60. The molecular weight excluding hydrogens is 484 g/mol. The monoisotopic (exact) mass is 506 g/mol. The number of anilines is 2. The number of amides is 2. The largest absolute Gasteiger partial charge is 0.494 e. The van der Waals surface area contributed by atoms with E-state index >= 15 is 0 Å². The van der Waals surface area contributed by atoms with E-state index in [9.17, 15) is 9.59 Å². The SMILES string of the molecule is CCCOc1ccc(N2C(=O)[C@@H]3[C@@H](c4ccc(Br)cc4)N(c4ccccc4)O[C@H]3C2=O)cc1. The third kappa shape index (κ3) is 3.92. The van der Waals surface area contributed by atoms with E-state index in [2.05, 4.69) is 15.9 Å². The molecule has 0 aromatic heterocycles. The summed E-state index contributed by atoms with van der Waals surface area (Å²) in [5, 5.41) is 1.70. The number of hydroxylamine groups is 1. The van der Waals surface area contributed by atoms with Gasteiger partial charge in [-0.3, -0.25) is 14.4 Å². The number of hydrogen-bond acceptors (Lipinski definition) is 5. The molecule has 2 amide bonds. The lowest BCUT2D eigenvalue weighted by Gasteiger charge is -2.28. The van der Waals surface area contributed by atoms with Crippen molar-refractivity contribution in [2.45, 2.75) is 25.5 Å². The van der Waals surface area contributed by atoms with Gasteiger partial charge in [-0.1, -0.05) is 53.2 Å². The molecule has 2 fully saturated rings. The normalized spacial score (nSPS) is 22.1. The number of nitrogens with zero attached hydrogens (tertiary/aromatic N) is 2. The Kier molecular flexibility index (Phi) is 5.91. The fraction of sp³-hybridized carbons (Fsp3) is 0.231. The number of carbonyl (C=O) groups is 2. The Balaban J connectivity index is 1.49. The van der Waals surface area contributed by atoms with Crippen molar-refractivity contribution in [3.05, 3.63) is 88.9 Å². The van der Waals surface area contributed by atoms with Gasteiger partial charge in [-0.25, -0.2) is 9.96 Å². The molecule has 0 N–H and O–H groups in total. The van der Waals surface area contributed by atoms with Gasteiger partial charge in [0.15, 0.2) is 6.10 Å². The Morgan fingerprint density at radius 2 is 1.58 bits per heavy atom. The first-order valence-corrected chi connectivity index (χ1v) is 11.7. The van der Waals surface area contributed by atoms with Crippen LogP contribution in [0.3, 0.4) is 0 Å². The van der Waals surface area contributed by atoms with Crippen LogP contribution in [-0.4, -0.2) is 24.5 Å². The van der Waals surface area contributed by atoms with E-state index in [-0.39, 0.29) is 11.8 Å². The average molecular weight is 507 g/mol. The van der Waals surface area contributed by atoms with E-state index in [1.807, 2.05) is 61.5 Å². The number of benzene rings is 3. The Hall–Kier alpha value is -3.16. The number of hydrogen-bond donors (Lipinski definition) is 0. The fourth-order valence-corrected chi connectivity index (χ4v) is 4.64. The molecule has 0 radical (unpaired) electrons. The summed E-state index contributed by atoms with van der Waals surface area (Å²) in [5.41, 5.74) is 2.22. The Morgan fingerprint density at radius 3 is 2.24 bits per heavy atom. The molecular formula is C26H23BrN2O4. The van der Waals surface area contributed by atoms with Crippen LogP contribution >= 0.6 is 15.9 Å². The maximum atomic E-state index is 13.6. The summed E-state index contributed by atoms with van der Waals surface area (Å²) in [4.78, 5) is 34.4. The first kappa shape index (κ1) is 21.7. The third-order valence-corrected chi connectivity index (χ3v) is 6.43. The molecule has 3 aromatic rings. The van der Waals surface area contributed by atoms with Crippen LogP contribution in [0.1, 0.15) is 24.9 Å². The molecule has 3 aromatic carbocycles. The Labute approximate surface area is 200 Å². The predicted molar refractivity (Wildman–Crippen MR) is 129 cm³/mol. The molecule has 0 bridgehead atoms. The number of ether oxygens (including phenoxy) is 1. The summed E-state index contributed by atoms with van der Waals surface area (Å²) in [6, 6.07) is 23.9. The van der Waals surface area contributed by atoms with Crippen LogP contribution in [0.5, 0.6) is 5.75 Å². The van der Waals surface area contributed by atoms with E-state index in [0.717, 1.165) is 22.1 Å². The second-order valence-electron chi connectivity index (χ2n) is 8.06. The lowest BCUT2D eigenvalue weighted by atomic mass is 9.90. The molecule has 0 unspecified atom stereocenters. The number of rotatable bonds is 6. The zero-order valence-electron chi connectivity index (χ0n) is 18.1. The summed E-state index contributed by atoms with van der Waals surface area (Å²) < 4.78 is 6.56. The van der Waals surface area contributed by atoms with Crippen molar-refractivity contribution >= 4 is 39.1 Å². The summed E-state index contributed by atoms with van der Waals surface area (Å²) in [5.74, 6) is -0.569. The summed E-state index contributed by atoms with van der Waals surface area (Å²) in [6.07, 6.45) is 0.0170. The van der Waals surface area contributed by atoms with Gasteiger partial charge in [0.05, 0.1) is 24.0 Å². The minimum Gasteiger partial charge on any atom is -0.494 e. The van der Waals surface area contributed by atoms with E-state index in [1.54, 1.807) is 29.3 Å². The average Bonchev–Trinajstić information content (AvgIpc) is 3.35. The molecule has 33 heavy (non-hydrogen) atoms. The second kappa shape index (κ2) is 9.00. The van der Waals surface area contributed by atoms with Crippen molar-refractivity contribution in [2.24, 2.45) is 5.92 Å². The molecule has 2 aliphatic heterocycles. The summed E-state index contributed by atoms with van der Waals surface area (Å²) in [6.45, 7) is 2.65. The van der Waals surface area contributed by atoms with Gasteiger partial charge in [-0.15, -0.1) is 0 Å². The predicted octanol–water partition coefficient (Wildman–Crippen LogP) is 5.29. The molecule has 7 heteroatoms. The maximum Gasteiger partial charge on any atom is 0.266 e. The van der Waals surface area contributed by atoms with Crippen LogP contribution in [0.2, 0.25) is 0 Å². The molecule has 0 saturated carbocycles. The van der Waals surface area contributed by atoms with Crippen LogP contribution in [0.25, 0.3) is 0 Å². The molecule has 168 valence electrons. The van der Waals surface area contributed by atoms with Crippen molar-refractivity contribution in [2.75, 3.05) is 16.6 Å². The highest BCUT2D eigenvalue weighted by molar-refractivity contribution is 9.10. The highest BCUT2D eigenvalue weighted by Crippen LogP contribution is 2.47. The molecule has 6 nitrogen and oxygen atoms in total. The lowest BCUT2D eigenvalue weighted by Crippen LogP contribution is -2.37. The molecule has 2 heterocycles.